The molecule has 0 radical (unpaired) electrons. The molecule has 2 atom stereocenters. The van der Waals surface area contributed by atoms with Crippen molar-refractivity contribution in [1.82, 2.24) is 0 Å². The van der Waals surface area contributed by atoms with E-state index in [1.165, 1.54) is 6.92 Å². The minimum atomic E-state index is -3.13. The van der Waals surface area contributed by atoms with Crippen LogP contribution in [0.5, 0.6) is 11.5 Å². The number of aryl methyl sites for hydroxylation is 1. The Bertz CT molecular complexity index is 901. The Morgan fingerprint density at radius 3 is 3.00 bits per heavy atom. The van der Waals surface area contributed by atoms with E-state index < -0.39 is 43.9 Å². The van der Waals surface area contributed by atoms with E-state index in [1.54, 1.807) is 12.1 Å². The van der Waals surface area contributed by atoms with Gasteiger partial charge in [0.1, 0.15) is 17.1 Å². The normalized spacial score (nSPS) is 34.6. The van der Waals surface area contributed by atoms with Crippen molar-refractivity contribution in [2.45, 2.75) is 77.5 Å². The van der Waals surface area contributed by atoms with Crippen LogP contribution >= 0.6 is 0 Å². The lowest BCUT2D eigenvalue weighted by Gasteiger charge is -2.46. The first-order chi connectivity index (χ1) is 14.6. The maximum atomic E-state index is 10.9. The summed E-state index contributed by atoms with van der Waals surface area (Å²) in [5.41, 5.74) is -1.76. The fourth-order valence-corrected chi connectivity index (χ4v) is 3.45. The number of phenolic OH excluding ortho intramolecular Hbond substituents is 1. The van der Waals surface area contributed by atoms with Gasteiger partial charge in [-0.2, -0.15) is 0 Å². The molecule has 1 heterocycles. The first-order valence-corrected chi connectivity index (χ1v) is 8.31. The standard InChI is InChI=1S/C21H30O2/c1-5-6-7-8-15-12-18(22)20-16-11-14(2)9-10-17(16)21(3,4)23-19(20)13-15/h11-13,16-17,22H,5-10H2,1-4H3/t16-,17-/m1/s1/i3D3,4D3,9D2,11D. The molecule has 1 aliphatic carbocycles. The van der Waals surface area contributed by atoms with Crippen LogP contribution in [0, 0.1) is 5.92 Å². The third-order valence-electron chi connectivity index (χ3n) is 4.71. The number of hydrogen-bond acceptors (Lipinski definition) is 2. The van der Waals surface area contributed by atoms with E-state index >= 15 is 0 Å². The lowest BCUT2D eigenvalue weighted by atomic mass is 9.68. The van der Waals surface area contributed by atoms with E-state index in [0.29, 0.717) is 12.0 Å². The summed E-state index contributed by atoms with van der Waals surface area (Å²) >= 11 is 0. The molecule has 2 heteroatoms. The van der Waals surface area contributed by atoms with Crippen molar-refractivity contribution in [1.29, 1.82) is 0 Å². The predicted octanol–water partition coefficient (Wildman–Crippen LogP) is 5.74. The molecule has 2 aliphatic rings. The number of hydrogen-bond donors (Lipinski definition) is 1. The van der Waals surface area contributed by atoms with Gasteiger partial charge in [0, 0.05) is 28.4 Å². The van der Waals surface area contributed by atoms with Gasteiger partial charge >= 0.3 is 0 Å². The van der Waals surface area contributed by atoms with Gasteiger partial charge in [0.15, 0.2) is 0 Å². The van der Waals surface area contributed by atoms with Gasteiger partial charge in [-0.25, -0.2) is 0 Å². The third kappa shape index (κ3) is 3.13. The number of unbranched alkanes of at least 4 members (excludes halogenated alkanes) is 2. The van der Waals surface area contributed by atoms with Gasteiger partial charge in [-0.05, 0) is 64.0 Å². The van der Waals surface area contributed by atoms with Crippen LogP contribution in [-0.4, -0.2) is 10.7 Å². The molecule has 2 nitrogen and oxygen atoms in total. The molecule has 1 N–H and O–H groups in total. The Hall–Kier alpha value is -1.44. The van der Waals surface area contributed by atoms with Gasteiger partial charge in [-0.1, -0.05) is 31.4 Å². The highest BCUT2D eigenvalue weighted by molar-refractivity contribution is 5.53. The minimum Gasteiger partial charge on any atom is -0.507 e. The summed E-state index contributed by atoms with van der Waals surface area (Å²) in [6.45, 7) is -2.75. The molecule has 126 valence electrons. The number of benzene rings is 1. The van der Waals surface area contributed by atoms with Crippen LogP contribution in [0.4, 0.5) is 0 Å². The molecule has 0 bridgehead atoms. The Morgan fingerprint density at radius 1 is 1.43 bits per heavy atom. The van der Waals surface area contributed by atoms with E-state index in [9.17, 15) is 5.11 Å². The second-order valence-corrected chi connectivity index (χ2v) is 6.56. The van der Waals surface area contributed by atoms with Crippen LogP contribution in [0.3, 0.4) is 0 Å². The lowest BCUT2D eigenvalue weighted by molar-refractivity contribution is 0.0107. The zero-order valence-electron chi connectivity index (χ0n) is 22.7. The summed E-state index contributed by atoms with van der Waals surface area (Å²) in [5.74, 6) is -2.73. The SMILES string of the molecule is [2H]C1=C(C)C([2H])([2H])C[C@@H]2[C@@H]1c1c(O)cc(CCCCC)cc1OC2(C([2H])([2H])[2H])C([2H])([2H])[2H]. The smallest absolute Gasteiger partial charge is 0.127 e. The lowest BCUT2D eigenvalue weighted by Crippen LogP contribution is -2.45. The predicted molar refractivity (Wildman–Crippen MR) is 95.3 cm³/mol. The molecule has 1 aliphatic heterocycles. The molecule has 1 aromatic rings. The molecule has 0 saturated heterocycles. The largest absolute Gasteiger partial charge is 0.507 e. The Kier molecular flexibility index (Phi) is 2.33. The van der Waals surface area contributed by atoms with Gasteiger partial charge < -0.3 is 9.84 Å². The average molecular weight is 324 g/mol. The van der Waals surface area contributed by atoms with Gasteiger partial charge in [-0.15, -0.1) is 0 Å². The first-order valence-electron chi connectivity index (χ1n) is 12.8. The number of rotatable bonds is 4. The number of aromatic hydroxyl groups is 1. The fourth-order valence-electron chi connectivity index (χ4n) is 3.45. The molecule has 0 unspecified atom stereocenters. The Balaban J connectivity index is 2.32. The van der Waals surface area contributed by atoms with E-state index in [0.717, 1.165) is 19.3 Å². The molecule has 0 saturated carbocycles. The van der Waals surface area contributed by atoms with E-state index in [1.807, 2.05) is 0 Å². The van der Waals surface area contributed by atoms with Crippen molar-refractivity contribution < 1.29 is 22.2 Å². The number of ether oxygens (including phenoxy) is 1. The highest BCUT2D eigenvalue weighted by Gasteiger charge is 2.45. The summed E-state index contributed by atoms with van der Waals surface area (Å²) < 4.78 is 80.2. The highest BCUT2D eigenvalue weighted by Crippen LogP contribution is 2.53. The van der Waals surface area contributed by atoms with Gasteiger partial charge in [0.05, 0.1) is 1.37 Å². The van der Waals surface area contributed by atoms with Crippen molar-refractivity contribution >= 4 is 0 Å². The molecule has 3 rings (SSSR count). The van der Waals surface area contributed by atoms with Crippen molar-refractivity contribution in [3.63, 3.8) is 0 Å². The van der Waals surface area contributed by atoms with Crippen LogP contribution in [0.15, 0.2) is 23.8 Å². The third-order valence-corrected chi connectivity index (χ3v) is 4.71. The Morgan fingerprint density at radius 2 is 2.26 bits per heavy atom. The topological polar surface area (TPSA) is 29.5 Å². The van der Waals surface area contributed by atoms with Crippen LogP contribution < -0.4 is 4.74 Å². The summed E-state index contributed by atoms with van der Waals surface area (Å²) in [6, 6.07) is 2.92. The van der Waals surface area contributed by atoms with Gasteiger partial charge in [0.25, 0.3) is 0 Å². The second-order valence-electron chi connectivity index (χ2n) is 6.56. The van der Waals surface area contributed by atoms with Crippen molar-refractivity contribution in [2.24, 2.45) is 5.92 Å². The molecular formula is C21H30O2. The van der Waals surface area contributed by atoms with E-state index in [4.69, 9.17) is 17.1 Å². The number of allylic oxidation sites excluding steroid dienone is 2. The zero-order chi connectivity index (χ0) is 24.3. The molecular weight excluding hydrogens is 284 g/mol. The second kappa shape index (κ2) is 6.22. The molecule has 0 aromatic heterocycles. The van der Waals surface area contributed by atoms with Crippen molar-refractivity contribution in [3.8, 4) is 11.5 Å². The zero-order valence-corrected chi connectivity index (χ0v) is 13.7. The van der Waals surface area contributed by atoms with Gasteiger partial charge in [0.2, 0.25) is 0 Å². The number of phenols is 1. The first kappa shape index (κ1) is 8.60. The van der Waals surface area contributed by atoms with Crippen LogP contribution in [-0.2, 0) is 6.42 Å². The molecule has 0 amide bonds. The molecule has 0 spiro atoms. The summed E-state index contributed by atoms with van der Waals surface area (Å²) in [6.07, 6.45) is 0.883. The monoisotopic (exact) mass is 323 g/mol. The van der Waals surface area contributed by atoms with Crippen LogP contribution in [0.25, 0.3) is 0 Å². The van der Waals surface area contributed by atoms with Crippen LogP contribution in [0.1, 0.15) is 89.0 Å². The average Bonchev–Trinajstić information content (AvgIpc) is 2.63. The number of fused-ring (bicyclic) bond motifs is 3. The summed E-state index contributed by atoms with van der Waals surface area (Å²) in [7, 11) is 0. The summed E-state index contributed by atoms with van der Waals surface area (Å²) in [5, 5.41) is 10.9. The maximum absolute atomic E-state index is 10.9. The molecule has 0 fully saturated rings. The molecule has 23 heavy (non-hydrogen) atoms. The van der Waals surface area contributed by atoms with E-state index in [2.05, 4.69) is 6.92 Å². The fraction of sp³-hybridized carbons (Fsp3) is 0.619. The Labute approximate surface area is 153 Å². The quantitative estimate of drug-likeness (QED) is 0.566. The van der Waals surface area contributed by atoms with Crippen molar-refractivity contribution in [3.05, 3.63) is 34.9 Å². The van der Waals surface area contributed by atoms with E-state index in [-0.39, 0.29) is 28.7 Å². The van der Waals surface area contributed by atoms with Gasteiger partial charge in [-0.3, -0.25) is 0 Å². The van der Waals surface area contributed by atoms with Crippen molar-refractivity contribution in [2.75, 3.05) is 0 Å². The highest BCUT2D eigenvalue weighted by atomic mass is 16.5. The minimum absolute atomic E-state index is 0.0509. The maximum Gasteiger partial charge on any atom is 0.127 e. The summed E-state index contributed by atoms with van der Waals surface area (Å²) in [4.78, 5) is 0. The molecule has 1 aromatic carbocycles. The van der Waals surface area contributed by atoms with Crippen LogP contribution in [0.2, 0.25) is 0 Å².